The molecule has 1 unspecified atom stereocenters. The van der Waals surface area contributed by atoms with Gasteiger partial charge in [0.25, 0.3) is 0 Å². The van der Waals surface area contributed by atoms with E-state index in [-0.39, 0.29) is 11.8 Å². The van der Waals surface area contributed by atoms with Gasteiger partial charge in [0.1, 0.15) is 0 Å². The van der Waals surface area contributed by atoms with E-state index in [1.165, 1.54) is 0 Å². The van der Waals surface area contributed by atoms with Crippen LogP contribution in [0, 0.1) is 5.92 Å². The summed E-state index contributed by atoms with van der Waals surface area (Å²) in [7, 11) is 0. The van der Waals surface area contributed by atoms with Crippen molar-refractivity contribution in [1.29, 1.82) is 0 Å². The first kappa shape index (κ1) is 11.5. The number of fused-ring (bicyclic) bond motifs is 1. The minimum absolute atomic E-state index is 0.0585. The summed E-state index contributed by atoms with van der Waals surface area (Å²) in [6, 6.07) is 7.62. The molecular weight excluding hydrogens is 214 g/mol. The maximum absolute atomic E-state index is 11.8. The van der Waals surface area contributed by atoms with Crippen LogP contribution in [0.5, 0.6) is 0 Å². The Hall–Kier alpha value is -1.94. The molecule has 88 valence electrons. The fourth-order valence-corrected chi connectivity index (χ4v) is 1.59. The molecule has 1 aromatic carbocycles. The number of benzene rings is 1. The third-order valence-electron chi connectivity index (χ3n) is 2.74. The summed E-state index contributed by atoms with van der Waals surface area (Å²) in [5.41, 5.74) is 6.27. The number of aromatic nitrogens is 1. The fraction of sp³-hybridized carbons (Fsp3) is 0.231. The number of pyridine rings is 1. The Bertz CT molecular complexity index is 534. The molecule has 0 radical (unpaired) electrons. The molecule has 2 aromatic rings. The molecule has 4 heteroatoms. The van der Waals surface area contributed by atoms with Crippen molar-refractivity contribution < 1.29 is 4.79 Å². The molecule has 1 aromatic heterocycles. The van der Waals surface area contributed by atoms with Gasteiger partial charge < -0.3 is 11.1 Å². The van der Waals surface area contributed by atoms with Gasteiger partial charge in [0.15, 0.2) is 0 Å². The highest BCUT2D eigenvalue weighted by molar-refractivity contribution is 6.02. The Morgan fingerprint density at radius 2 is 2.29 bits per heavy atom. The van der Waals surface area contributed by atoms with Gasteiger partial charge in [0.05, 0.1) is 0 Å². The van der Waals surface area contributed by atoms with Crippen LogP contribution in [0.4, 0.5) is 5.69 Å². The van der Waals surface area contributed by atoms with Crippen LogP contribution in [-0.4, -0.2) is 17.4 Å². The molecule has 0 fully saturated rings. The van der Waals surface area contributed by atoms with Crippen LogP contribution in [0.1, 0.15) is 6.92 Å². The van der Waals surface area contributed by atoms with E-state index in [1.807, 2.05) is 31.2 Å². The minimum atomic E-state index is -0.188. The molecule has 3 N–H and O–H groups in total. The van der Waals surface area contributed by atoms with Gasteiger partial charge in [-0.15, -0.1) is 0 Å². The Labute approximate surface area is 99.8 Å². The van der Waals surface area contributed by atoms with Crippen molar-refractivity contribution in [3.8, 4) is 0 Å². The van der Waals surface area contributed by atoms with E-state index in [0.717, 1.165) is 16.5 Å². The predicted octanol–water partition coefficient (Wildman–Crippen LogP) is 1.77. The zero-order chi connectivity index (χ0) is 12.3. The van der Waals surface area contributed by atoms with E-state index in [2.05, 4.69) is 10.3 Å². The smallest absolute Gasteiger partial charge is 0.228 e. The lowest BCUT2D eigenvalue weighted by atomic mass is 10.1. The van der Waals surface area contributed by atoms with Crippen LogP contribution in [0.3, 0.4) is 0 Å². The number of carbonyl (C=O) groups excluding carboxylic acids is 1. The second kappa shape index (κ2) is 4.93. The topological polar surface area (TPSA) is 68.0 Å². The molecule has 0 saturated heterocycles. The molecule has 4 nitrogen and oxygen atoms in total. The second-order valence-corrected chi connectivity index (χ2v) is 4.03. The van der Waals surface area contributed by atoms with E-state index in [4.69, 9.17) is 5.73 Å². The van der Waals surface area contributed by atoms with Gasteiger partial charge in [-0.2, -0.15) is 0 Å². The molecule has 0 spiro atoms. The van der Waals surface area contributed by atoms with Crippen LogP contribution in [-0.2, 0) is 4.79 Å². The molecule has 17 heavy (non-hydrogen) atoms. The molecular formula is C13H15N3O. The van der Waals surface area contributed by atoms with E-state index >= 15 is 0 Å². The van der Waals surface area contributed by atoms with Gasteiger partial charge in [-0.3, -0.25) is 9.78 Å². The van der Waals surface area contributed by atoms with Crippen molar-refractivity contribution in [3.63, 3.8) is 0 Å². The number of nitrogens with two attached hydrogens (primary N) is 1. The minimum Gasteiger partial charge on any atom is -0.330 e. The average Bonchev–Trinajstić information content (AvgIpc) is 2.38. The van der Waals surface area contributed by atoms with Gasteiger partial charge in [-0.25, -0.2) is 0 Å². The summed E-state index contributed by atoms with van der Waals surface area (Å²) < 4.78 is 0. The van der Waals surface area contributed by atoms with Crippen molar-refractivity contribution in [2.75, 3.05) is 11.9 Å². The molecule has 1 atom stereocenters. The first-order valence-electron chi connectivity index (χ1n) is 5.56. The Balaban J connectivity index is 2.33. The van der Waals surface area contributed by atoms with Crippen LogP contribution in [0.15, 0.2) is 36.7 Å². The Morgan fingerprint density at radius 1 is 1.47 bits per heavy atom. The number of nitrogens with zero attached hydrogens (tertiary/aromatic N) is 1. The molecule has 2 rings (SSSR count). The molecule has 0 aliphatic heterocycles. The Kier molecular flexibility index (Phi) is 3.35. The third kappa shape index (κ3) is 2.42. The largest absolute Gasteiger partial charge is 0.330 e. The van der Waals surface area contributed by atoms with Crippen molar-refractivity contribution in [2.24, 2.45) is 11.7 Å². The SMILES string of the molecule is CC(CN)C(=O)Nc1cccc2cnccc12. The lowest BCUT2D eigenvalue weighted by Crippen LogP contribution is -2.26. The molecule has 0 aliphatic rings. The van der Waals surface area contributed by atoms with Crippen LogP contribution < -0.4 is 11.1 Å². The number of anilines is 1. The lowest BCUT2D eigenvalue weighted by molar-refractivity contribution is -0.119. The maximum Gasteiger partial charge on any atom is 0.228 e. The number of rotatable bonds is 3. The molecule has 1 amide bonds. The lowest BCUT2D eigenvalue weighted by Gasteiger charge is -2.11. The van der Waals surface area contributed by atoms with Crippen molar-refractivity contribution in [2.45, 2.75) is 6.92 Å². The van der Waals surface area contributed by atoms with Gasteiger partial charge in [-0.1, -0.05) is 19.1 Å². The predicted molar refractivity (Wildman–Crippen MR) is 68.6 cm³/mol. The zero-order valence-corrected chi connectivity index (χ0v) is 9.68. The van der Waals surface area contributed by atoms with Crippen molar-refractivity contribution >= 4 is 22.4 Å². The zero-order valence-electron chi connectivity index (χ0n) is 9.68. The van der Waals surface area contributed by atoms with Crippen molar-refractivity contribution in [3.05, 3.63) is 36.7 Å². The molecule has 1 heterocycles. The Morgan fingerprint density at radius 3 is 3.06 bits per heavy atom. The van der Waals surface area contributed by atoms with Crippen molar-refractivity contribution in [1.82, 2.24) is 4.98 Å². The molecule has 0 saturated carbocycles. The van der Waals surface area contributed by atoms with E-state index < -0.39 is 0 Å². The summed E-state index contributed by atoms with van der Waals surface area (Å²) in [6.07, 6.45) is 3.49. The van der Waals surface area contributed by atoms with E-state index in [0.29, 0.717) is 6.54 Å². The first-order valence-corrected chi connectivity index (χ1v) is 5.56. The molecule has 0 bridgehead atoms. The van der Waals surface area contributed by atoms with Gasteiger partial charge in [0.2, 0.25) is 5.91 Å². The highest BCUT2D eigenvalue weighted by atomic mass is 16.1. The number of carbonyl (C=O) groups is 1. The van der Waals surface area contributed by atoms with E-state index in [1.54, 1.807) is 12.4 Å². The van der Waals surface area contributed by atoms with Gasteiger partial charge in [-0.05, 0) is 12.1 Å². The average molecular weight is 229 g/mol. The normalized spacial score (nSPS) is 12.4. The molecule has 0 aliphatic carbocycles. The highest BCUT2D eigenvalue weighted by Gasteiger charge is 2.11. The first-order chi connectivity index (χ1) is 8.22. The number of nitrogens with one attached hydrogen (secondary N) is 1. The van der Waals surface area contributed by atoms with Gasteiger partial charge >= 0.3 is 0 Å². The monoisotopic (exact) mass is 229 g/mol. The quantitative estimate of drug-likeness (QED) is 0.842. The summed E-state index contributed by atoms with van der Waals surface area (Å²) in [6.45, 7) is 2.15. The number of amides is 1. The number of hydrogen-bond acceptors (Lipinski definition) is 3. The van der Waals surface area contributed by atoms with E-state index in [9.17, 15) is 4.79 Å². The summed E-state index contributed by atoms with van der Waals surface area (Å²) in [4.78, 5) is 15.8. The maximum atomic E-state index is 11.8. The summed E-state index contributed by atoms with van der Waals surface area (Å²) in [5, 5.41) is 4.88. The standard InChI is InChI=1S/C13H15N3O/c1-9(7-14)13(17)16-12-4-2-3-10-8-15-6-5-11(10)12/h2-6,8-9H,7,14H2,1H3,(H,16,17). The second-order valence-electron chi connectivity index (χ2n) is 4.03. The van der Waals surface area contributed by atoms with Gasteiger partial charge in [0, 0.05) is 41.3 Å². The summed E-state index contributed by atoms with van der Waals surface area (Å²) in [5.74, 6) is -0.246. The third-order valence-corrected chi connectivity index (χ3v) is 2.74. The highest BCUT2D eigenvalue weighted by Crippen LogP contribution is 2.22. The van der Waals surface area contributed by atoms with Crippen LogP contribution in [0.25, 0.3) is 10.8 Å². The van der Waals surface area contributed by atoms with Crippen LogP contribution in [0.2, 0.25) is 0 Å². The number of hydrogen-bond donors (Lipinski definition) is 2. The summed E-state index contributed by atoms with van der Waals surface area (Å²) >= 11 is 0. The fourth-order valence-electron chi connectivity index (χ4n) is 1.59. The van der Waals surface area contributed by atoms with Crippen LogP contribution >= 0.6 is 0 Å².